The van der Waals surface area contributed by atoms with Crippen LogP contribution < -0.4 is 5.32 Å². The van der Waals surface area contributed by atoms with E-state index in [0.29, 0.717) is 0 Å². The summed E-state index contributed by atoms with van der Waals surface area (Å²) < 4.78 is 13.5. The SMILES string of the molecule is CCNC(CCSC)c1ccncc1F. The van der Waals surface area contributed by atoms with Gasteiger partial charge >= 0.3 is 0 Å². The molecule has 84 valence electrons. The maximum absolute atomic E-state index is 13.5. The Morgan fingerprint density at radius 1 is 1.60 bits per heavy atom. The van der Waals surface area contributed by atoms with Crippen molar-refractivity contribution in [2.24, 2.45) is 0 Å². The van der Waals surface area contributed by atoms with Crippen molar-refractivity contribution in [2.75, 3.05) is 18.6 Å². The largest absolute Gasteiger partial charge is 0.310 e. The van der Waals surface area contributed by atoms with E-state index in [0.717, 1.165) is 24.3 Å². The Bertz CT molecular complexity index is 294. The van der Waals surface area contributed by atoms with E-state index in [1.54, 1.807) is 24.0 Å². The fraction of sp³-hybridized carbons (Fsp3) is 0.545. The molecule has 0 saturated carbocycles. The van der Waals surface area contributed by atoms with Gasteiger partial charge in [-0.05, 0) is 31.0 Å². The van der Waals surface area contributed by atoms with Crippen LogP contribution in [0.2, 0.25) is 0 Å². The summed E-state index contributed by atoms with van der Waals surface area (Å²) in [5.74, 6) is 0.809. The molecule has 0 spiro atoms. The molecule has 0 aliphatic carbocycles. The maximum Gasteiger partial charge on any atom is 0.146 e. The first-order valence-corrected chi connectivity index (χ1v) is 6.50. The molecule has 0 aromatic carbocycles. The number of nitrogens with zero attached hydrogens (tertiary/aromatic N) is 1. The molecule has 0 saturated heterocycles. The lowest BCUT2D eigenvalue weighted by molar-refractivity contribution is 0.501. The number of aromatic nitrogens is 1. The molecule has 1 N–H and O–H groups in total. The summed E-state index contributed by atoms with van der Waals surface area (Å²) in [6, 6.07) is 1.86. The molecule has 1 unspecified atom stereocenters. The van der Waals surface area contributed by atoms with Gasteiger partial charge < -0.3 is 5.32 Å². The number of pyridine rings is 1. The first-order valence-electron chi connectivity index (χ1n) is 5.11. The van der Waals surface area contributed by atoms with E-state index >= 15 is 0 Å². The van der Waals surface area contributed by atoms with Crippen molar-refractivity contribution in [3.05, 3.63) is 29.8 Å². The van der Waals surface area contributed by atoms with Gasteiger partial charge in [0, 0.05) is 17.8 Å². The van der Waals surface area contributed by atoms with Crippen LogP contribution in [0.1, 0.15) is 24.9 Å². The predicted octanol–water partition coefficient (Wildman–Crippen LogP) is 2.62. The minimum Gasteiger partial charge on any atom is -0.310 e. The second-order valence-electron chi connectivity index (χ2n) is 3.29. The van der Waals surface area contributed by atoms with Crippen LogP contribution in [0.25, 0.3) is 0 Å². The molecular weight excluding hydrogens is 211 g/mol. The molecule has 1 heterocycles. The zero-order valence-electron chi connectivity index (χ0n) is 9.16. The number of hydrogen-bond acceptors (Lipinski definition) is 3. The van der Waals surface area contributed by atoms with E-state index in [1.807, 2.05) is 6.92 Å². The smallest absolute Gasteiger partial charge is 0.146 e. The number of halogens is 1. The molecule has 4 heteroatoms. The monoisotopic (exact) mass is 228 g/mol. The third-order valence-corrected chi connectivity index (χ3v) is 2.88. The number of rotatable bonds is 6. The van der Waals surface area contributed by atoms with Crippen molar-refractivity contribution in [1.82, 2.24) is 10.3 Å². The second kappa shape index (κ2) is 6.80. The summed E-state index contributed by atoms with van der Waals surface area (Å²) in [4.78, 5) is 3.76. The molecule has 0 bridgehead atoms. The summed E-state index contributed by atoms with van der Waals surface area (Å²) in [5, 5.41) is 3.29. The summed E-state index contributed by atoms with van der Waals surface area (Å²) >= 11 is 1.78. The summed E-state index contributed by atoms with van der Waals surface area (Å²) in [5.41, 5.74) is 0.723. The Kier molecular flexibility index (Phi) is 5.65. The quantitative estimate of drug-likeness (QED) is 0.810. The summed E-state index contributed by atoms with van der Waals surface area (Å²) in [7, 11) is 0. The van der Waals surface area contributed by atoms with Gasteiger partial charge in [-0.1, -0.05) is 6.92 Å². The Balaban J connectivity index is 2.74. The van der Waals surface area contributed by atoms with Crippen molar-refractivity contribution in [1.29, 1.82) is 0 Å². The van der Waals surface area contributed by atoms with Crippen LogP contribution >= 0.6 is 11.8 Å². The van der Waals surface area contributed by atoms with Crippen molar-refractivity contribution in [3.63, 3.8) is 0 Å². The van der Waals surface area contributed by atoms with Gasteiger partial charge in [0.25, 0.3) is 0 Å². The van der Waals surface area contributed by atoms with Gasteiger partial charge in [-0.3, -0.25) is 4.98 Å². The lowest BCUT2D eigenvalue weighted by atomic mass is 10.1. The molecule has 1 rings (SSSR count). The van der Waals surface area contributed by atoms with Crippen molar-refractivity contribution in [3.8, 4) is 0 Å². The molecule has 1 atom stereocenters. The van der Waals surface area contributed by atoms with Crippen molar-refractivity contribution < 1.29 is 4.39 Å². The Labute approximate surface area is 94.7 Å². The molecule has 2 nitrogen and oxygen atoms in total. The molecule has 0 fully saturated rings. The number of nitrogens with one attached hydrogen (secondary N) is 1. The zero-order chi connectivity index (χ0) is 11.1. The molecule has 0 amide bonds. The van der Waals surface area contributed by atoms with Crippen LogP contribution in [0, 0.1) is 5.82 Å². The highest BCUT2D eigenvalue weighted by molar-refractivity contribution is 7.98. The van der Waals surface area contributed by atoms with Crippen molar-refractivity contribution in [2.45, 2.75) is 19.4 Å². The first kappa shape index (κ1) is 12.5. The van der Waals surface area contributed by atoms with E-state index in [1.165, 1.54) is 6.20 Å². The average molecular weight is 228 g/mol. The van der Waals surface area contributed by atoms with Crippen LogP contribution in [0.15, 0.2) is 18.5 Å². The highest BCUT2D eigenvalue weighted by Gasteiger charge is 2.13. The van der Waals surface area contributed by atoms with Gasteiger partial charge in [0.2, 0.25) is 0 Å². The van der Waals surface area contributed by atoms with E-state index in [-0.39, 0.29) is 11.9 Å². The highest BCUT2D eigenvalue weighted by Crippen LogP contribution is 2.20. The van der Waals surface area contributed by atoms with E-state index in [2.05, 4.69) is 16.6 Å². The van der Waals surface area contributed by atoms with Crippen LogP contribution in [0.3, 0.4) is 0 Å². The third-order valence-electron chi connectivity index (χ3n) is 2.24. The highest BCUT2D eigenvalue weighted by atomic mass is 32.2. The Morgan fingerprint density at radius 2 is 2.40 bits per heavy atom. The minimum absolute atomic E-state index is 0.102. The van der Waals surface area contributed by atoms with E-state index < -0.39 is 0 Å². The van der Waals surface area contributed by atoms with Crippen LogP contribution in [0.4, 0.5) is 4.39 Å². The Hall–Kier alpha value is -0.610. The summed E-state index contributed by atoms with van der Waals surface area (Å²) in [6.45, 7) is 2.88. The van der Waals surface area contributed by atoms with Gasteiger partial charge in [0.15, 0.2) is 0 Å². The third kappa shape index (κ3) is 3.80. The topological polar surface area (TPSA) is 24.9 Å². The van der Waals surface area contributed by atoms with Gasteiger partial charge in [-0.2, -0.15) is 11.8 Å². The molecular formula is C11H17FN2S. The van der Waals surface area contributed by atoms with Crippen molar-refractivity contribution >= 4 is 11.8 Å². The fourth-order valence-corrected chi connectivity index (χ4v) is 1.99. The van der Waals surface area contributed by atoms with Gasteiger partial charge in [0.1, 0.15) is 5.82 Å². The summed E-state index contributed by atoms with van der Waals surface area (Å²) in [6.07, 6.45) is 5.92. The predicted molar refractivity (Wildman–Crippen MR) is 63.6 cm³/mol. The zero-order valence-corrected chi connectivity index (χ0v) is 9.98. The van der Waals surface area contributed by atoms with Crippen LogP contribution in [-0.4, -0.2) is 23.5 Å². The molecule has 0 radical (unpaired) electrons. The molecule has 0 aliphatic heterocycles. The van der Waals surface area contributed by atoms with Gasteiger partial charge in [-0.25, -0.2) is 4.39 Å². The first-order chi connectivity index (χ1) is 7.29. The number of thioether (sulfide) groups is 1. The lowest BCUT2D eigenvalue weighted by Crippen LogP contribution is -2.22. The molecule has 15 heavy (non-hydrogen) atoms. The van der Waals surface area contributed by atoms with E-state index in [4.69, 9.17) is 0 Å². The molecule has 1 aromatic heterocycles. The maximum atomic E-state index is 13.5. The molecule has 0 aliphatic rings. The standard InChI is InChI=1S/C11H17FN2S/c1-3-14-11(5-7-15-2)9-4-6-13-8-10(9)12/h4,6,8,11,14H,3,5,7H2,1-2H3. The normalized spacial score (nSPS) is 12.7. The van der Waals surface area contributed by atoms with Crippen LogP contribution in [0.5, 0.6) is 0 Å². The van der Waals surface area contributed by atoms with E-state index in [9.17, 15) is 4.39 Å². The Morgan fingerprint density at radius 3 is 3.00 bits per heavy atom. The number of hydrogen-bond donors (Lipinski definition) is 1. The van der Waals surface area contributed by atoms with Gasteiger partial charge in [-0.15, -0.1) is 0 Å². The second-order valence-corrected chi connectivity index (χ2v) is 4.27. The van der Waals surface area contributed by atoms with Crippen LogP contribution in [-0.2, 0) is 0 Å². The average Bonchev–Trinajstić information content (AvgIpc) is 2.25. The van der Waals surface area contributed by atoms with Gasteiger partial charge in [0.05, 0.1) is 6.20 Å². The lowest BCUT2D eigenvalue weighted by Gasteiger charge is -2.18. The minimum atomic E-state index is -0.218. The fourth-order valence-electron chi connectivity index (χ4n) is 1.52. The molecule has 1 aromatic rings.